The number of methoxy groups -OCH3 is 1. The zero-order chi connectivity index (χ0) is 18.1. The molecule has 0 spiro atoms. The van der Waals surface area contributed by atoms with Crippen LogP contribution < -0.4 is 10.1 Å². The average Bonchev–Trinajstić information content (AvgIpc) is 3.25. The third kappa shape index (κ3) is 3.06. The summed E-state index contributed by atoms with van der Waals surface area (Å²) in [5, 5.41) is 7.61. The molecule has 0 fully saturated rings. The molecule has 1 N–H and O–H groups in total. The van der Waals surface area contributed by atoms with Crippen molar-refractivity contribution in [3.63, 3.8) is 0 Å². The summed E-state index contributed by atoms with van der Waals surface area (Å²) in [6.07, 6.45) is 0. The highest BCUT2D eigenvalue weighted by molar-refractivity contribution is 7.98. The molecule has 1 aliphatic heterocycles. The van der Waals surface area contributed by atoms with Gasteiger partial charge in [-0.05, 0) is 48.5 Å². The highest BCUT2D eigenvalue weighted by Crippen LogP contribution is 2.36. The smallest absolute Gasteiger partial charge is 0.256 e. The first-order valence-corrected chi connectivity index (χ1v) is 9.21. The lowest BCUT2D eigenvalue weighted by Crippen LogP contribution is -2.16. The lowest BCUT2D eigenvalue weighted by atomic mass is 10.2. The third-order valence-electron chi connectivity index (χ3n) is 4.21. The Morgan fingerprint density at radius 2 is 1.88 bits per heavy atom. The Morgan fingerprint density at radius 1 is 1.15 bits per heavy atom. The Hall–Kier alpha value is -2.80. The molecule has 3 aromatic rings. The first-order chi connectivity index (χ1) is 12.7. The summed E-state index contributed by atoms with van der Waals surface area (Å²) < 4.78 is 20.0. The van der Waals surface area contributed by atoms with Crippen LogP contribution in [0.5, 0.6) is 5.75 Å². The summed E-state index contributed by atoms with van der Waals surface area (Å²) in [7, 11) is 1.61. The molecule has 5 nitrogen and oxygen atoms in total. The summed E-state index contributed by atoms with van der Waals surface area (Å²) in [5.41, 5.74) is 3.23. The van der Waals surface area contributed by atoms with Crippen LogP contribution in [0.25, 0.3) is 5.69 Å². The molecule has 4 rings (SSSR count). The van der Waals surface area contributed by atoms with Gasteiger partial charge in [-0.15, -0.1) is 0 Å². The Morgan fingerprint density at radius 3 is 2.58 bits per heavy atom. The fraction of sp³-hybridized carbons (Fsp3) is 0.158. The van der Waals surface area contributed by atoms with Gasteiger partial charge in [0.05, 0.1) is 18.5 Å². The molecule has 2 heterocycles. The van der Waals surface area contributed by atoms with Crippen molar-refractivity contribution in [2.75, 3.05) is 12.4 Å². The number of carbonyl (C=O) groups is 1. The molecule has 0 atom stereocenters. The Labute approximate surface area is 154 Å². The molecule has 132 valence electrons. The SMILES string of the molecule is COc1ccc(-n2nc3c(c2NC(=O)c2ccc(F)cc2)CSC3)cc1. The number of benzene rings is 2. The number of anilines is 1. The number of rotatable bonds is 4. The van der Waals surface area contributed by atoms with Gasteiger partial charge in [-0.1, -0.05) is 0 Å². The van der Waals surface area contributed by atoms with Gasteiger partial charge in [0.1, 0.15) is 17.4 Å². The lowest BCUT2D eigenvalue weighted by molar-refractivity contribution is 0.102. The molecule has 0 saturated heterocycles. The molecule has 2 aromatic carbocycles. The number of carbonyl (C=O) groups excluding carboxylic acids is 1. The van der Waals surface area contributed by atoms with Crippen molar-refractivity contribution in [3.05, 3.63) is 71.2 Å². The van der Waals surface area contributed by atoms with Crippen molar-refractivity contribution < 1.29 is 13.9 Å². The first kappa shape index (κ1) is 16.7. The van der Waals surface area contributed by atoms with Crippen LogP contribution >= 0.6 is 11.8 Å². The minimum Gasteiger partial charge on any atom is -0.497 e. The molecule has 0 radical (unpaired) electrons. The van der Waals surface area contributed by atoms with Crippen LogP contribution in [0.3, 0.4) is 0 Å². The molecule has 7 heteroatoms. The summed E-state index contributed by atoms with van der Waals surface area (Å²) in [5.74, 6) is 2.36. The number of nitrogens with zero attached hydrogens (tertiary/aromatic N) is 2. The molecular weight excluding hydrogens is 353 g/mol. The van der Waals surface area contributed by atoms with Crippen molar-refractivity contribution in [1.29, 1.82) is 0 Å². The summed E-state index contributed by atoms with van der Waals surface area (Å²) in [6.45, 7) is 0. The quantitative estimate of drug-likeness (QED) is 0.755. The van der Waals surface area contributed by atoms with Crippen LogP contribution in [-0.2, 0) is 11.5 Å². The van der Waals surface area contributed by atoms with E-state index in [4.69, 9.17) is 4.74 Å². The maximum Gasteiger partial charge on any atom is 0.256 e. The van der Waals surface area contributed by atoms with Crippen LogP contribution in [0.15, 0.2) is 48.5 Å². The normalized spacial score (nSPS) is 12.7. The zero-order valence-electron chi connectivity index (χ0n) is 14.0. The minimum atomic E-state index is -0.373. The van der Waals surface area contributed by atoms with E-state index in [1.807, 2.05) is 24.3 Å². The molecule has 0 aliphatic carbocycles. The van der Waals surface area contributed by atoms with E-state index in [-0.39, 0.29) is 11.7 Å². The summed E-state index contributed by atoms with van der Waals surface area (Å²) in [6, 6.07) is 13.0. The first-order valence-electron chi connectivity index (χ1n) is 8.05. The van der Waals surface area contributed by atoms with Crippen molar-refractivity contribution in [2.24, 2.45) is 0 Å². The lowest BCUT2D eigenvalue weighted by Gasteiger charge is -2.11. The van der Waals surface area contributed by atoms with E-state index in [0.29, 0.717) is 11.4 Å². The fourth-order valence-electron chi connectivity index (χ4n) is 2.83. The Kier molecular flexibility index (Phi) is 4.38. The maximum absolute atomic E-state index is 13.1. The predicted octanol–water partition coefficient (Wildman–Crippen LogP) is 4.02. The van der Waals surface area contributed by atoms with Gasteiger partial charge in [0.15, 0.2) is 0 Å². The van der Waals surface area contributed by atoms with Crippen LogP contribution in [0.2, 0.25) is 0 Å². The molecule has 1 amide bonds. The predicted molar refractivity (Wildman–Crippen MR) is 99.5 cm³/mol. The van der Waals surface area contributed by atoms with Gasteiger partial charge >= 0.3 is 0 Å². The number of hydrogen-bond acceptors (Lipinski definition) is 4. The number of fused-ring (bicyclic) bond motifs is 1. The van der Waals surface area contributed by atoms with Gasteiger partial charge in [0.25, 0.3) is 5.91 Å². The second-order valence-electron chi connectivity index (χ2n) is 5.84. The van der Waals surface area contributed by atoms with Gasteiger partial charge in [-0.3, -0.25) is 4.79 Å². The summed E-state index contributed by atoms with van der Waals surface area (Å²) >= 11 is 1.76. The summed E-state index contributed by atoms with van der Waals surface area (Å²) in [4.78, 5) is 12.6. The molecule has 0 bridgehead atoms. The Bertz CT molecular complexity index is 952. The van der Waals surface area contributed by atoms with Gasteiger partial charge < -0.3 is 10.1 Å². The highest BCUT2D eigenvalue weighted by atomic mass is 32.2. The van der Waals surface area contributed by atoms with Crippen molar-refractivity contribution in [3.8, 4) is 11.4 Å². The molecule has 0 unspecified atom stereocenters. The number of thioether (sulfide) groups is 1. The largest absolute Gasteiger partial charge is 0.497 e. The number of nitrogens with one attached hydrogen (secondary N) is 1. The molecule has 0 saturated carbocycles. The van der Waals surface area contributed by atoms with Crippen LogP contribution in [0.4, 0.5) is 10.2 Å². The van der Waals surface area contributed by atoms with Crippen LogP contribution in [0, 0.1) is 5.82 Å². The number of aromatic nitrogens is 2. The topological polar surface area (TPSA) is 56.1 Å². The van der Waals surface area contributed by atoms with Crippen molar-refractivity contribution in [1.82, 2.24) is 9.78 Å². The van der Waals surface area contributed by atoms with Crippen LogP contribution in [-0.4, -0.2) is 22.8 Å². The fourth-order valence-corrected chi connectivity index (χ4v) is 3.87. The average molecular weight is 369 g/mol. The molecule has 26 heavy (non-hydrogen) atoms. The van der Waals surface area contributed by atoms with E-state index in [2.05, 4.69) is 10.4 Å². The molecule has 1 aromatic heterocycles. The van der Waals surface area contributed by atoms with E-state index in [1.54, 1.807) is 23.6 Å². The number of amides is 1. The highest BCUT2D eigenvalue weighted by Gasteiger charge is 2.25. The molecular formula is C19H16FN3O2S. The second-order valence-corrected chi connectivity index (χ2v) is 6.82. The minimum absolute atomic E-state index is 0.292. The van der Waals surface area contributed by atoms with Crippen LogP contribution in [0.1, 0.15) is 21.6 Å². The van der Waals surface area contributed by atoms with E-state index in [9.17, 15) is 9.18 Å². The third-order valence-corrected chi connectivity index (χ3v) is 5.18. The van der Waals surface area contributed by atoms with E-state index >= 15 is 0 Å². The second kappa shape index (κ2) is 6.84. The standard InChI is InChI=1S/C19H16FN3O2S/c1-25-15-8-6-14(7-9-15)23-18(16-10-26-11-17(16)22-23)21-19(24)12-2-4-13(20)5-3-12/h2-9H,10-11H2,1H3,(H,21,24). The monoisotopic (exact) mass is 369 g/mol. The van der Waals surface area contributed by atoms with Gasteiger partial charge in [0, 0.05) is 22.6 Å². The molecule has 1 aliphatic rings. The zero-order valence-corrected chi connectivity index (χ0v) is 14.8. The van der Waals surface area contributed by atoms with Crippen molar-refractivity contribution >= 4 is 23.5 Å². The maximum atomic E-state index is 13.1. The van der Waals surface area contributed by atoms with E-state index in [0.717, 1.165) is 34.2 Å². The van der Waals surface area contributed by atoms with Gasteiger partial charge in [0.2, 0.25) is 0 Å². The van der Waals surface area contributed by atoms with E-state index < -0.39 is 0 Å². The van der Waals surface area contributed by atoms with Gasteiger partial charge in [-0.25, -0.2) is 9.07 Å². The number of halogens is 1. The van der Waals surface area contributed by atoms with Gasteiger partial charge in [-0.2, -0.15) is 16.9 Å². The number of hydrogen-bond donors (Lipinski definition) is 1. The Balaban J connectivity index is 1.70. The number of ether oxygens (including phenoxy) is 1. The van der Waals surface area contributed by atoms with E-state index in [1.165, 1.54) is 24.3 Å². The van der Waals surface area contributed by atoms with Crippen molar-refractivity contribution in [2.45, 2.75) is 11.5 Å².